The van der Waals surface area contributed by atoms with Crippen LogP contribution in [0, 0.1) is 0 Å². The molecule has 2 aromatic heterocycles. The minimum Gasteiger partial charge on any atom is -0.379 e. The van der Waals surface area contributed by atoms with Crippen molar-refractivity contribution < 1.29 is 4.74 Å². The van der Waals surface area contributed by atoms with Gasteiger partial charge in [-0.15, -0.1) is 0 Å². The van der Waals surface area contributed by atoms with Crippen LogP contribution in [0.25, 0.3) is 5.00 Å². The third kappa shape index (κ3) is 2.43. The Kier molecular flexibility index (Phi) is 2.99. The molecule has 17 heavy (non-hydrogen) atoms. The van der Waals surface area contributed by atoms with Crippen LogP contribution in [-0.2, 0) is 4.74 Å². The van der Waals surface area contributed by atoms with Crippen molar-refractivity contribution in [3.63, 3.8) is 0 Å². The zero-order chi connectivity index (χ0) is 11.5. The molecule has 90 valence electrons. The maximum absolute atomic E-state index is 5.28. The van der Waals surface area contributed by atoms with Gasteiger partial charge in [0.1, 0.15) is 17.7 Å². The van der Waals surface area contributed by atoms with E-state index in [-0.39, 0.29) is 0 Å². The largest absolute Gasteiger partial charge is 0.379 e. The van der Waals surface area contributed by atoms with Gasteiger partial charge >= 0.3 is 0 Å². The van der Waals surface area contributed by atoms with Crippen molar-refractivity contribution >= 4 is 16.5 Å². The topological polar surface area (TPSA) is 68.1 Å². The zero-order valence-corrected chi connectivity index (χ0v) is 9.93. The molecular weight excluding hydrogens is 240 g/mol. The van der Waals surface area contributed by atoms with Crippen LogP contribution in [-0.4, -0.2) is 51.1 Å². The molecule has 2 aromatic rings. The molecule has 0 aliphatic carbocycles. The Morgan fingerprint density at radius 2 is 2.24 bits per heavy atom. The van der Waals surface area contributed by atoms with E-state index in [1.165, 1.54) is 6.33 Å². The fraction of sp³-hybridized carbons (Fsp3) is 0.444. The molecule has 1 saturated heterocycles. The van der Waals surface area contributed by atoms with Crippen molar-refractivity contribution in [3.05, 3.63) is 18.9 Å². The van der Waals surface area contributed by atoms with E-state index in [2.05, 4.69) is 25.5 Å². The molecule has 0 aromatic carbocycles. The second-order valence-electron chi connectivity index (χ2n) is 3.55. The predicted octanol–water partition coefficient (Wildman–Crippen LogP) is 0.383. The lowest BCUT2D eigenvalue weighted by atomic mass is 10.5. The van der Waals surface area contributed by atoms with Gasteiger partial charge in [-0.25, -0.2) is 19.7 Å². The fourth-order valence-corrected chi connectivity index (χ4v) is 2.33. The van der Waals surface area contributed by atoms with Gasteiger partial charge in [0, 0.05) is 13.1 Å². The molecule has 1 aliphatic rings. The van der Waals surface area contributed by atoms with Crippen LogP contribution < -0.4 is 5.43 Å². The van der Waals surface area contributed by atoms with Crippen LogP contribution in [0.4, 0.5) is 5.13 Å². The van der Waals surface area contributed by atoms with Gasteiger partial charge in [0.15, 0.2) is 5.13 Å². The number of nitrogens with one attached hydrogen (secondary N) is 1. The number of hydrogen-bond donors (Lipinski definition) is 1. The summed E-state index contributed by atoms with van der Waals surface area (Å²) < 4.78 is 6.98. The molecule has 0 atom stereocenters. The number of ether oxygens (including phenoxy) is 1. The normalized spacial score (nSPS) is 17.2. The molecule has 1 aliphatic heterocycles. The quantitative estimate of drug-likeness (QED) is 0.852. The van der Waals surface area contributed by atoms with Gasteiger partial charge in [0.25, 0.3) is 0 Å². The Balaban J connectivity index is 1.68. The minimum atomic E-state index is 0.758. The van der Waals surface area contributed by atoms with Gasteiger partial charge in [0.05, 0.1) is 19.4 Å². The van der Waals surface area contributed by atoms with Crippen molar-refractivity contribution in [1.29, 1.82) is 0 Å². The van der Waals surface area contributed by atoms with Crippen LogP contribution in [0.3, 0.4) is 0 Å². The average Bonchev–Trinajstić information content (AvgIpc) is 3.00. The smallest absolute Gasteiger partial charge is 0.199 e. The molecule has 3 rings (SSSR count). The molecule has 0 saturated carbocycles. The summed E-state index contributed by atoms with van der Waals surface area (Å²) >= 11 is 1.54. The van der Waals surface area contributed by atoms with E-state index in [1.54, 1.807) is 28.5 Å². The molecule has 0 amide bonds. The van der Waals surface area contributed by atoms with Gasteiger partial charge in [-0.3, -0.25) is 5.43 Å². The Bertz CT molecular complexity index is 464. The second-order valence-corrected chi connectivity index (χ2v) is 4.56. The molecule has 0 radical (unpaired) electrons. The van der Waals surface area contributed by atoms with Crippen molar-refractivity contribution in [3.8, 4) is 5.00 Å². The van der Waals surface area contributed by atoms with Gasteiger partial charge < -0.3 is 4.74 Å². The lowest BCUT2D eigenvalue weighted by molar-refractivity contribution is 0.0497. The summed E-state index contributed by atoms with van der Waals surface area (Å²) in [5.41, 5.74) is 3.26. The standard InChI is InChI=1S/C9H12N6OS/c1-3-16-4-2-14(1)13-9-11-5-8(17-9)15-7-10-6-12-15/h5-7H,1-4H2,(H,11,13). The van der Waals surface area contributed by atoms with Crippen molar-refractivity contribution in [2.45, 2.75) is 0 Å². The number of hydrazine groups is 1. The van der Waals surface area contributed by atoms with E-state index in [4.69, 9.17) is 4.74 Å². The molecule has 0 bridgehead atoms. The maximum atomic E-state index is 5.28. The summed E-state index contributed by atoms with van der Waals surface area (Å²) in [5.74, 6) is 0. The first kappa shape index (κ1) is 10.6. The first-order chi connectivity index (χ1) is 8.42. The van der Waals surface area contributed by atoms with Gasteiger partial charge in [-0.1, -0.05) is 11.3 Å². The number of morpholine rings is 1. The van der Waals surface area contributed by atoms with Crippen molar-refractivity contribution in [2.24, 2.45) is 0 Å². The molecule has 0 unspecified atom stereocenters. The molecule has 7 nitrogen and oxygen atoms in total. The second kappa shape index (κ2) is 4.78. The van der Waals surface area contributed by atoms with Gasteiger partial charge in [-0.05, 0) is 0 Å². The summed E-state index contributed by atoms with van der Waals surface area (Å²) in [6, 6.07) is 0. The third-order valence-corrected chi connectivity index (χ3v) is 3.29. The minimum absolute atomic E-state index is 0.758. The van der Waals surface area contributed by atoms with Crippen LogP contribution >= 0.6 is 11.3 Å². The highest BCUT2D eigenvalue weighted by molar-refractivity contribution is 7.17. The molecule has 8 heteroatoms. The highest BCUT2D eigenvalue weighted by Gasteiger charge is 2.12. The van der Waals surface area contributed by atoms with Gasteiger partial charge in [0.2, 0.25) is 0 Å². The SMILES string of the molecule is c1ncn(-c2cnc(NN3CCOCC3)s2)n1. The van der Waals surface area contributed by atoms with Gasteiger partial charge in [-0.2, -0.15) is 5.10 Å². The fourth-order valence-electron chi connectivity index (χ4n) is 1.56. The maximum Gasteiger partial charge on any atom is 0.199 e. The zero-order valence-electron chi connectivity index (χ0n) is 9.11. The lowest BCUT2D eigenvalue weighted by Crippen LogP contribution is -2.40. The van der Waals surface area contributed by atoms with E-state index in [0.717, 1.165) is 36.4 Å². The summed E-state index contributed by atoms with van der Waals surface area (Å²) in [5, 5.41) is 7.97. The molecule has 0 spiro atoms. The van der Waals surface area contributed by atoms with Crippen LogP contribution in [0.2, 0.25) is 0 Å². The summed E-state index contributed by atoms with van der Waals surface area (Å²) in [7, 11) is 0. The number of hydrogen-bond acceptors (Lipinski definition) is 7. The van der Waals surface area contributed by atoms with E-state index in [9.17, 15) is 0 Å². The number of nitrogens with zero attached hydrogens (tertiary/aromatic N) is 5. The van der Waals surface area contributed by atoms with E-state index >= 15 is 0 Å². The summed E-state index contributed by atoms with van der Waals surface area (Å²) in [6.07, 6.45) is 4.95. The highest BCUT2D eigenvalue weighted by atomic mass is 32.1. The van der Waals surface area contributed by atoms with E-state index in [0.29, 0.717) is 0 Å². The summed E-state index contributed by atoms with van der Waals surface area (Å²) in [6.45, 7) is 3.26. The number of thiazole rings is 1. The lowest BCUT2D eigenvalue weighted by Gasteiger charge is -2.26. The highest BCUT2D eigenvalue weighted by Crippen LogP contribution is 2.21. The predicted molar refractivity (Wildman–Crippen MR) is 63.0 cm³/mol. The molecule has 1 fully saturated rings. The number of rotatable bonds is 3. The first-order valence-electron chi connectivity index (χ1n) is 5.32. The first-order valence-corrected chi connectivity index (χ1v) is 6.14. The third-order valence-electron chi connectivity index (χ3n) is 2.40. The van der Waals surface area contributed by atoms with E-state index in [1.807, 2.05) is 0 Å². The van der Waals surface area contributed by atoms with Crippen LogP contribution in [0.1, 0.15) is 0 Å². The van der Waals surface area contributed by atoms with Crippen LogP contribution in [0.5, 0.6) is 0 Å². The number of aromatic nitrogens is 4. The van der Waals surface area contributed by atoms with Crippen molar-refractivity contribution in [1.82, 2.24) is 24.8 Å². The Morgan fingerprint density at radius 3 is 3.00 bits per heavy atom. The van der Waals surface area contributed by atoms with Crippen LogP contribution in [0.15, 0.2) is 18.9 Å². The Morgan fingerprint density at radius 1 is 1.35 bits per heavy atom. The Labute approximate surface area is 102 Å². The Hall–Kier alpha value is -1.51. The molecule has 1 N–H and O–H groups in total. The average molecular weight is 252 g/mol. The van der Waals surface area contributed by atoms with E-state index < -0.39 is 0 Å². The number of anilines is 1. The monoisotopic (exact) mass is 252 g/mol. The summed E-state index contributed by atoms with van der Waals surface area (Å²) in [4.78, 5) is 8.21. The molecular formula is C9H12N6OS. The molecule has 3 heterocycles. The van der Waals surface area contributed by atoms with Crippen molar-refractivity contribution in [2.75, 3.05) is 31.7 Å².